The lowest BCUT2D eigenvalue weighted by atomic mass is 9.99. The van der Waals surface area contributed by atoms with Crippen molar-refractivity contribution in [1.82, 2.24) is 0 Å². The maximum Gasteiger partial charge on any atom is 0.269 e. The highest BCUT2D eigenvalue weighted by atomic mass is 16.7. The fourth-order valence-electron chi connectivity index (χ4n) is 2.26. The van der Waals surface area contributed by atoms with E-state index < -0.39 is 42.2 Å². The first-order valence-electron chi connectivity index (χ1n) is 6.54. The number of hydrogen-bond acceptors (Lipinski definition) is 8. The molecule has 1 aromatic rings. The number of benzene rings is 1. The van der Waals surface area contributed by atoms with E-state index in [1.54, 1.807) is 0 Å². The molecule has 2 rings (SSSR count). The van der Waals surface area contributed by atoms with E-state index in [9.17, 15) is 20.3 Å². The summed E-state index contributed by atoms with van der Waals surface area (Å²) in [5.41, 5.74) is -0.100. The average Bonchev–Trinajstić information content (AvgIpc) is 2.51. The second-order valence-corrected chi connectivity index (χ2v) is 4.77. The van der Waals surface area contributed by atoms with Crippen LogP contribution in [0.2, 0.25) is 0 Å². The summed E-state index contributed by atoms with van der Waals surface area (Å²) in [7, 11) is 1.33. The molecule has 1 aliphatic rings. The first-order chi connectivity index (χ1) is 10.5. The Bertz CT molecular complexity index is 507. The van der Waals surface area contributed by atoms with Crippen LogP contribution < -0.4 is 4.74 Å². The molecule has 1 aliphatic heterocycles. The molecule has 22 heavy (non-hydrogen) atoms. The summed E-state index contributed by atoms with van der Waals surface area (Å²) in [4.78, 5) is 10.0. The molecule has 1 heterocycles. The van der Waals surface area contributed by atoms with Crippen molar-refractivity contribution in [1.29, 1.82) is 0 Å². The van der Waals surface area contributed by atoms with Crippen LogP contribution >= 0.6 is 0 Å². The summed E-state index contributed by atoms with van der Waals surface area (Å²) in [6, 6.07) is 5.23. The lowest BCUT2D eigenvalue weighted by Crippen LogP contribution is -2.61. The maximum atomic E-state index is 10.6. The van der Waals surface area contributed by atoms with E-state index >= 15 is 0 Å². The van der Waals surface area contributed by atoms with Gasteiger partial charge in [0.15, 0.2) is 12.4 Å². The first kappa shape index (κ1) is 16.6. The number of methoxy groups -OCH3 is 1. The zero-order valence-corrected chi connectivity index (χ0v) is 11.7. The third-order valence-electron chi connectivity index (χ3n) is 3.41. The SMILES string of the molecule is CO[C@H]1[C@@H](O)[C@@H](CO)O[C@@H](O)[C@@H]1Oc1ccc([N+](=O)[O-])cc1. The predicted molar refractivity (Wildman–Crippen MR) is 72.3 cm³/mol. The number of ether oxygens (including phenoxy) is 3. The molecule has 9 nitrogen and oxygen atoms in total. The molecule has 3 N–H and O–H groups in total. The molecule has 0 amide bonds. The molecule has 1 aromatic carbocycles. The quantitative estimate of drug-likeness (QED) is 0.486. The van der Waals surface area contributed by atoms with Crippen LogP contribution in [-0.4, -0.2) is 64.7 Å². The Balaban J connectivity index is 2.14. The second kappa shape index (κ2) is 6.99. The van der Waals surface area contributed by atoms with Gasteiger partial charge in [0.05, 0.1) is 11.5 Å². The Morgan fingerprint density at radius 2 is 1.91 bits per heavy atom. The van der Waals surface area contributed by atoms with Gasteiger partial charge in [0, 0.05) is 19.2 Å². The standard InChI is InChI=1S/C13H17NO8/c1-20-11-10(16)9(6-15)22-13(17)12(11)21-8-4-2-7(3-5-8)14(18)19/h2-5,9-13,15-17H,6H2,1H3/t9-,10+,11+,12-,13-/m1/s1. The number of nitrogens with zero attached hydrogens (tertiary/aromatic N) is 1. The maximum absolute atomic E-state index is 10.6. The van der Waals surface area contributed by atoms with Crippen molar-refractivity contribution >= 4 is 5.69 Å². The van der Waals surface area contributed by atoms with Crippen LogP contribution in [0.15, 0.2) is 24.3 Å². The molecule has 0 bridgehead atoms. The van der Waals surface area contributed by atoms with E-state index in [2.05, 4.69) is 0 Å². The van der Waals surface area contributed by atoms with Gasteiger partial charge >= 0.3 is 0 Å². The van der Waals surface area contributed by atoms with Crippen molar-refractivity contribution in [3.05, 3.63) is 34.4 Å². The van der Waals surface area contributed by atoms with Crippen LogP contribution in [0.5, 0.6) is 5.75 Å². The number of rotatable bonds is 5. The summed E-state index contributed by atoms with van der Waals surface area (Å²) in [6.07, 6.45) is -5.60. The van der Waals surface area contributed by atoms with Crippen LogP contribution in [0.4, 0.5) is 5.69 Å². The highest BCUT2D eigenvalue weighted by Crippen LogP contribution is 2.27. The molecule has 9 heteroatoms. The van der Waals surface area contributed by atoms with E-state index in [1.807, 2.05) is 0 Å². The van der Waals surface area contributed by atoms with Gasteiger partial charge in [0.25, 0.3) is 5.69 Å². The molecular weight excluding hydrogens is 298 g/mol. The van der Waals surface area contributed by atoms with Gasteiger partial charge in [-0.15, -0.1) is 0 Å². The van der Waals surface area contributed by atoms with E-state index in [1.165, 1.54) is 31.4 Å². The third-order valence-corrected chi connectivity index (χ3v) is 3.41. The van der Waals surface area contributed by atoms with E-state index in [-0.39, 0.29) is 11.4 Å². The lowest BCUT2D eigenvalue weighted by molar-refractivity contribution is -0.384. The molecule has 122 valence electrons. The number of aliphatic hydroxyl groups is 3. The molecule has 1 saturated heterocycles. The molecule has 0 aliphatic carbocycles. The van der Waals surface area contributed by atoms with Crippen LogP contribution in [0.25, 0.3) is 0 Å². The zero-order valence-electron chi connectivity index (χ0n) is 11.7. The smallest absolute Gasteiger partial charge is 0.269 e. The average molecular weight is 315 g/mol. The minimum absolute atomic E-state index is 0.100. The fourth-order valence-corrected chi connectivity index (χ4v) is 2.26. The highest BCUT2D eigenvalue weighted by Gasteiger charge is 2.46. The number of nitro groups is 1. The number of non-ortho nitro benzene ring substituents is 1. The van der Waals surface area contributed by atoms with Gasteiger partial charge < -0.3 is 29.5 Å². The molecule has 0 spiro atoms. The van der Waals surface area contributed by atoms with Gasteiger partial charge in [-0.05, 0) is 12.1 Å². The topological polar surface area (TPSA) is 132 Å². The van der Waals surface area contributed by atoms with E-state index in [4.69, 9.17) is 19.3 Å². The molecule has 1 fully saturated rings. The Morgan fingerprint density at radius 3 is 2.41 bits per heavy atom. The zero-order chi connectivity index (χ0) is 16.3. The highest BCUT2D eigenvalue weighted by molar-refractivity contribution is 5.36. The van der Waals surface area contributed by atoms with Crippen molar-refractivity contribution in [2.24, 2.45) is 0 Å². The van der Waals surface area contributed by atoms with Gasteiger partial charge in [-0.3, -0.25) is 10.1 Å². The Kier molecular flexibility index (Phi) is 5.27. The fraction of sp³-hybridized carbons (Fsp3) is 0.538. The number of hydrogen-bond donors (Lipinski definition) is 3. The monoisotopic (exact) mass is 315 g/mol. The van der Waals surface area contributed by atoms with Crippen molar-refractivity contribution < 1.29 is 34.5 Å². The molecule has 0 saturated carbocycles. The van der Waals surface area contributed by atoms with Gasteiger partial charge in [0.1, 0.15) is 24.1 Å². The number of aliphatic hydroxyl groups excluding tert-OH is 3. The van der Waals surface area contributed by atoms with Crippen molar-refractivity contribution in [3.8, 4) is 5.75 Å². The third kappa shape index (κ3) is 3.34. The van der Waals surface area contributed by atoms with Gasteiger partial charge in [-0.2, -0.15) is 0 Å². The summed E-state index contributed by atoms with van der Waals surface area (Å²) in [6.45, 7) is -0.484. The summed E-state index contributed by atoms with van der Waals surface area (Å²) in [5, 5.41) is 39.6. The van der Waals surface area contributed by atoms with Gasteiger partial charge in [0.2, 0.25) is 0 Å². The van der Waals surface area contributed by atoms with Crippen molar-refractivity contribution in [2.45, 2.75) is 30.7 Å². The minimum Gasteiger partial charge on any atom is -0.482 e. The lowest BCUT2D eigenvalue weighted by Gasteiger charge is -2.41. The van der Waals surface area contributed by atoms with Gasteiger partial charge in [-0.1, -0.05) is 0 Å². The van der Waals surface area contributed by atoms with Crippen LogP contribution in [-0.2, 0) is 9.47 Å². The second-order valence-electron chi connectivity index (χ2n) is 4.77. The van der Waals surface area contributed by atoms with Crippen LogP contribution in [0.1, 0.15) is 0 Å². The van der Waals surface area contributed by atoms with Crippen molar-refractivity contribution in [3.63, 3.8) is 0 Å². The largest absolute Gasteiger partial charge is 0.482 e. The molecule has 0 unspecified atom stereocenters. The normalized spacial score (nSPS) is 31.7. The van der Waals surface area contributed by atoms with Crippen LogP contribution in [0.3, 0.4) is 0 Å². The molecular formula is C13H17NO8. The molecule has 0 radical (unpaired) electrons. The first-order valence-corrected chi connectivity index (χ1v) is 6.54. The molecule has 0 aromatic heterocycles. The van der Waals surface area contributed by atoms with Crippen LogP contribution in [0, 0.1) is 10.1 Å². The summed E-state index contributed by atoms with van der Waals surface area (Å²) < 4.78 is 15.7. The predicted octanol–water partition coefficient (Wildman–Crippen LogP) is -0.572. The Hall–Kier alpha value is -1.78. The van der Waals surface area contributed by atoms with E-state index in [0.29, 0.717) is 0 Å². The summed E-state index contributed by atoms with van der Waals surface area (Å²) >= 11 is 0. The number of nitro benzene ring substituents is 1. The molecule has 5 atom stereocenters. The van der Waals surface area contributed by atoms with E-state index in [0.717, 1.165) is 0 Å². The Morgan fingerprint density at radius 1 is 1.27 bits per heavy atom. The van der Waals surface area contributed by atoms with Gasteiger partial charge in [-0.25, -0.2) is 0 Å². The Labute approximate surface area is 125 Å². The summed E-state index contributed by atoms with van der Waals surface area (Å²) in [5.74, 6) is 0.245. The van der Waals surface area contributed by atoms with Crippen molar-refractivity contribution in [2.75, 3.05) is 13.7 Å². The minimum atomic E-state index is -1.43.